The van der Waals surface area contributed by atoms with E-state index in [-0.39, 0.29) is 0 Å². The van der Waals surface area contributed by atoms with Gasteiger partial charge in [-0.15, -0.1) is 0 Å². The van der Waals surface area contributed by atoms with Crippen LogP contribution < -0.4 is 4.57 Å². The molecule has 0 amide bonds. The summed E-state index contributed by atoms with van der Waals surface area (Å²) >= 11 is 1.94. The second-order valence-electron chi connectivity index (χ2n) is 5.37. The minimum Gasteiger partial charge on any atom is -0.216 e. The van der Waals surface area contributed by atoms with Gasteiger partial charge in [-0.05, 0) is 36.4 Å². The number of rotatable bonds is 2. The highest BCUT2D eigenvalue weighted by Crippen LogP contribution is 2.29. The topological polar surface area (TPSA) is 8.81 Å². The van der Waals surface area contributed by atoms with Gasteiger partial charge in [-0.2, -0.15) is 4.57 Å². The summed E-state index contributed by atoms with van der Waals surface area (Å²) in [6, 6.07) is 19.4. The standard InChI is InChI=1S/C18H17N2S/c1-14-6-5-9-16(12-14)20-13-17(15-7-3-2-4-8-15)19-10-11-21-18(19)20/h2-9,12-13H,10-11H2,1H3/q+1. The molecule has 104 valence electrons. The van der Waals surface area contributed by atoms with Crippen molar-refractivity contribution in [3.05, 3.63) is 66.4 Å². The van der Waals surface area contributed by atoms with E-state index in [9.17, 15) is 0 Å². The number of benzene rings is 2. The van der Waals surface area contributed by atoms with E-state index in [1.807, 2.05) is 11.8 Å². The van der Waals surface area contributed by atoms with E-state index in [1.54, 1.807) is 0 Å². The van der Waals surface area contributed by atoms with E-state index in [0.29, 0.717) is 0 Å². The molecule has 0 N–H and O–H groups in total. The Labute approximate surface area is 129 Å². The summed E-state index contributed by atoms with van der Waals surface area (Å²) in [5.41, 5.74) is 5.13. The molecule has 2 aromatic carbocycles. The number of aryl methyl sites for hydroxylation is 1. The summed E-state index contributed by atoms with van der Waals surface area (Å²) in [7, 11) is 0. The number of aromatic nitrogens is 2. The lowest BCUT2D eigenvalue weighted by molar-refractivity contribution is -0.713. The Morgan fingerprint density at radius 3 is 2.71 bits per heavy atom. The summed E-state index contributed by atoms with van der Waals surface area (Å²) in [5, 5.41) is 1.33. The molecule has 4 rings (SSSR count). The van der Waals surface area contributed by atoms with Crippen LogP contribution in [0.15, 0.2) is 66.0 Å². The zero-order chi connectivity index (χ0) is 14.2. The van der Waals surface area contributed by atoms with Crippen molar-refractivity contribution in [2.24, 2.45) is 0 Å². The lowest BCUT2D eigenvalue weighted by Gasteiger charge is -1.99. The first-order valence-corrected chi connectivity index (χ1v) is 8.22. The van der Waals surface area contributed by atoms with Gasteiger partial charge in [0.15, 0.2) is 5.69 Å². The maximum absolute atomic E-state index is 2.43. The monoisotopic (exact) mass is 293 g/mol. The minimum atomic E-state index is 1.09. The van der Waals surface area contributed by atoms with Gasteiger partial charge >= 0.3 is 5.16 Å². The average Bonchev–Trinajstić information content (AvgIpc) is 3.10. The van der Waals surface area contributed by atoms with Crippen LogP contribution in [0.1, 0.15) is 5.56 Å². The summed E-state index contributed by atoms with van der Waals surface area (Å²) in [6.07, 6.45) is 2.27. The Kier molecular flexibility index (Phi) is 3.08. The fourth-order valence-corrected chi connectivity index (χ4v) is 3.97. The van der Waals surface area contributed by atoms with Gasteiger partial charge in [0.05, 0.1) is 0 Å². The molecule has 1 aromatic heterocycles. The fourth-order valence-electron chi connectivity index (χ4n) is 2.87. The third kappa shape index (κ3) is 2.18. The molecule has 0 spiro atoms. The summed E-state index contributed by atoms with van der Waals surface area (Å²) < 4.78 is 4.76. The van der Waals surface area contributed by atoms with Crippen LogP contribution in [0.25, 0.3) is 16.9 Å². The van der Waals surface area contributed by atoms with Crippen molar-refractivity contribution >= 4 is 11.8 Å². The van der Waals surface area contributed by atoms with Crippen molar-refractivity contribution in [2.45, 2.75) is 18.6 Å². The third-order valence-electron chi connectivity index (χ3n) is 3.87. The first kappa shape index (κ1) is 12.7. The van der Waals surface area contributed by atoms with Gasteiger partial charge in [-0.1, -0.05) is 42.5 Å². The van der Waals surface area contributed by atoms with Crippen LogP contribution in [0.5, 0.6) is 0 Å². The molecule has 0 unspecified atom stereocenters. The predicted octanol–water partition coefficient (Wildman–Crippen LogP) is 3.85. The van der Waals surface area contributed by atoms with Crippen LogP contribution in [-0.4, -0.2) is 10.3 Å². The first-order chi connectivity index (χ1) is 10.3. The van der Waals surface area contributed by atoms with Crippen molar-refractivity contribution in [1.82, 2.24) is 4.57 Å². The lowest BCUT2D eigenvalue weighted by atomic mass is 10.1. The van der Waals surface area contributed by atoms with Crippen LogP contribution in [-0.2, 0) is 6.54 Å². The lowest BCUT2D eigenvalue weighted by Crippen LogP contribution is -2.33. The van der Waals surface area contributed by atoms with E-state index < -0.39 is 0 Å². The van der Waals surface area contributed by atoms with Gasteiger partial charge in [0.1, 0.15) is 18.4 Å². The molecule has 0 atom stereocenters. The number of hydrogen-bond acceptors (Lipinski definition) is 1. The molecule has 3 heteroatoms. The van der Waals surface area contributed by atoms with Crippen molar-refractivity contribution in [3.63, 3.8) is 0 Å². The molecular formula is C18H17N2S+. The molecule has 1 aliphatic rings. The third-order valence-corrected chi connectivity index (χ3v) is 4.94. The molecule has 2 heterocycles. The van der Waals surface area contributed by atoms with Gasteiger partial charge in [0.2, 0.25) is 0 Å². The Hall–Kier alpha value is -2.00. The second-order valence-corrected chi connectivity index (χ2v) is 6.43. The largest absolute Gasteiger partial charge is 0.323 e. The minimum absolute atomic E-state index is 1.09. The smallest absolute Gasteiger partial charge is 0.216 e. The molecule has 0 radical (unpaired) electrons. The van der Waals surface area contributed by atoms with E-state index in [2.05, 4.69) is 76.9 Å². The van der Waals surface area contributed by atoms with Crippen molar-refractivity contribution in [3.8, 4) is 16.9 Å². The molecule has 0 fully saturated rings. The number of fused-ring (bicyclic) bond motifs is 1. The van der Waals surface area contributed by atoms with Gasteiger partial charge in [0.25, 0.3) is 0 Å². The number of nitrogens with zero attached hydrogens (tertiary/aromatic N) is 2. The van der Waals surface area contributed by atoms with Crippen molar-refractivity contribution < 1.29 is 4.57 Å². The molecule has 21 heavy (non-hydrogen) atoms. The zero-order valence-electron chi connectivity index (χ0n) is 12.0. The molecule has 2 nitrogen and oxygen atoms in total. The molecule has 0 aliphatic carbocycles. The fraction of sp³-hybridized carbons (Fsp3) is 0.167. The van der Waals surface area contributed by atoms with Gasteiger partial charge in [0, 0.05) is 11.3 Å². The van der Waals surface area contributed by atoms with Crippen LogP contribution in [0.3, 0.4) is 0 Å². The quantitative estimate of drug-likeness (QED) is 0.652. The van der Waals surface area contributed by atoms with Gasteiger partial charge < -0.3 is 0 Å². The summed E-state index contributed by atoms with van der Waals surface area (Å²) in [4.78, 5) is 0. The molecule has 0 bridgehead atoms. The molecule has 1 aliphatic heterocycles. The summed E-state index contributed by atoms with van der Waals surface area (Å²) in [5.74, 6) is 1.15. The Bertz CT molecular complexity index is 790. The zero-order valence-corrected chi connectivity index (χ0v) is 12.8. The Balaban J connectivity index is 1.91. The SMILES string of the molecule is Cc1cccc(-n2cc(-c3ccccc3)[n+]3c2SCC3)c1. The van der Waals surface area contributed by atoms with E-state index in [4.69, 9.17) is 0 Å². The van der Waals surface area contributed by atoms with Crippen LogP contribution in [0.2, 0.25) is 0 Å². The molecule has 0 saturated carbocycles. The first-order valence-electron chi connectivity index (χ1n) is 7.23. The highest BCUT2D eigenvalue weighted by Gasteiger charge is 2.30. The number of hydrogen-bond donors (Lipinski definition) is 0. The Morgan fingerprint density at radius 2 is 1.90 bits per heavy atom. The van der Waals surface area contributed by atoms with Crippen LogP contribution in [0, 0.1) is 6.92 Å². The maximum atomic E-state index is 2.43. The summed E-state index contributed by atoms with van der Waals surface area (Å²) in [6.45, 7) is 3.23. The molecular weight excluding hydrogens is 276 g/mol. The van der Waals surface area contributed by atoms with Gasteiger partial charge in [-0.25, -0.2) is 4.57 Å². The molecule has 3 aromatic rings. The molecule has 0 saturated heterocycles. The van der Waals surface area contributed by atoms with E-state index in [0.717, 1.165) is 12.3 Å². The predicted molar refractivity (Wildman–Crippen MR) is 86.9 cm³/mol. The van der Waals surface area contributed by atoms with Gasteiger partial charge in [-0.3, -0.25) is 0 Å². The van der Waals surface area contributed by atoms with E-state index >= 15 is 0 Å². The second kappa shape index (κ2) is 5.08. The van der Waals surface area contributed by atoms with E-state index in [1.165, 1.54) is 27.7 Å². The number of thioether (sulfide) groups is 1. The Morgan fingerprint density at radius 1 is 1.05 bits per heavy atom. The highest BCUT2D eigenvalue weighted by atomic mass is 32.2. The van der Waals surface area contributed by atoms with Crippen molar-refractivity contribution in [1.29, 1.82) is 0 Å². The maximum Gasteiger partial charge on any atom is 0.323 e. The normalized spacial score (nSPS) is 13.4. The van der Waals surface area contributed by atoms with Crippen LogP contribution >= 0.6 is 11.8 Å². The average molecular weight is 293 g/mol. The highest BCUT2D eigenvalue weighted by molar-refractivity contribution is 7.99. The number of imidazole rings is 1. The van der Waals surface area contributed by atoms with Crippen molar-refractivity contribution in [2.75, 3.05) is 5.75 Å². The van der Waals surface area contributed by atoms with Crippen LogP contribution in [0.4, 0.5) is 0 Å².